The summed E-state index contributed by atoms with van der Waals surface area (Å²) in [7, 11) is 0. The zero-order valence-corrected chi connectivity index (χ0v) is 10.6. The van der Waals surface area contributed by atoms with Crippen molar-refractivity contribution in [1.29, 1.82) is 0 Å². The highest BCUT2D eigenvalue weighted by molar-refractivity contribution is 5.36. The predicted octanol–water partition coefficient (Wildman–Crippen LogP) is 3.53. The van der Waals surface area contributed by atoms with E-state index in [-0.39, 0.29) is 6.04 Å². The standard InChI is InChI=1S/C13H18F3NO/c1-3-6-17-9(2)11-7-10(14)4-5-12(11)18-8-13(15)16/h4-5,7,9,13,17H,3,6,8H2,1-2H3. The van der Waals surface area contributed by atoms with Crippen LogP contribution < -0.4 is 10.1 Å². The summed E-state index contributed by atoms with van der Waals surface area (Å²) in [5.41, 5.74) is 0.559. The van der Waals surface area contributed by atoms with E-state index in [9.17, 15) is 13.2 Å². The van der Waals surface area contributed by atoms with Crippen LogP contribution in [0, 0.1) is 5.82 Å². The summed E-state index contributed by atoms with van der Waals surface area (Å²) in [6.07, 6.45) is -1.60. The fourth-order valence-corrected chi connectivity index (χ4v) is 1.61. The molecule has 2 nitrogen and oxygen atoms in total. The fourth-order valence-electron chi connectivity index (χ4n) is 1.61. The highest BCUT2D eigenvalue weighted by atomic mass is 19.3. The molecule has 1 aromatic rings. The molecule has 0 aliphatic carbocycles. The zero-order chi connectivity index (χ0) is 13.5. The van der Waals surface area contributed by atoms with E-state index < -0.39 is 18.8 Å². The van der Waals surface area contributed by atoms with Crippen molar-refractivity contribution < 1.29 is 17.9 Å². The van der Waals surface area contributed by atoms with E-state index in [1.807, 2.05) is 13.8 Å². The van der Waals surface area contributed by atoms with Gasteiger partial charge in [-0.2, -0.15) is 0 Å². The predicted molar refractivity (Wildman–Crippen MR) is 64.6 cm³/mol. The smallest absolute Gasteiger partial charge is 0.272 e. The Morgan fingerprint density at radius 2 is 2.06 bits per heavy atom. The lowest BCUT2D eigenvalue weighted by molar-refractivity contribution is 0.0811. The quantitative estimate of drug-likeness (QED) is 0.810. The maximum Gasteiger partial charge on any atom is 0.272 e. The van der Waals surface area contributed by atoms with Crippen molar-refractivity contribution in [3.8, 4) is 5.75 Å². The largest absolute Gasteiger partial charge is 0.487 e. The van der Waals surface area contributed by atoms with Crippen LogP contribution in [-0.2, 0) is 0 Å². The molecule has 0 saturated carbocycles. The van der Waals surface area contributed by atoms with Crippen molar-refractivity contribution in [2.24, 2.45) is 0 Å². The van der Waals surface area contributed by atoms with Crippen LogP contribution >= 0.6 is 0 Å². The summed E-state index contributed by atoms with van der Waals surface area (Å²) in [5.74, 6) is -0.104. The number of halogens is 3. The van der Waals surface area contributed by atoms with Crippen molar-refractivity contribution in [2.45, 2.75) is 32.7 Å². The average Bonchev–Trinajstić information content (AvgIpc) is 2.34. The minimum atomic E-state index is -2.54. The summed E-state index contributed by atoms with van der Waals surface area (Å²) < 4.78 is 42.4. The fraction of sp³-hybridized carbons (Fsp3) is 0.538. The summed E-state index contributed by atoms with van der Waals surface area (Å²) in [6, 6.07) is 3.76. The summed E-state index contributed by atoms with van der Waals surface area (Å²) >= 11 is 0. The third kappa shape index (κ3) is 4.56. The van der Waals surface area contributed by atoms with Crippen LogP contribution in [-0.4, -0.2) is 19.6 Å². The van der Waals surface area contributed by atoms with Crippen molar-refractivity contribution >= 4 is 0 Å². The Hall–Kier alpha value is -1.23. The molecule has 1 rings (SSSR count). The van der Waals surface area contributed by atoms with Gasteiger partial charge in [-0.1, -0.05) is 6.92 Å². The van der Waals surface area contributed by atoms with Gasteiger partial charge in [0.2, 0.25) is 0 Å². The molecule has 0 aliphatic rings. The van der Waals surface area contributed by atoms with Crippen LogP contribution in [0.4, 0.5) is 13.2 Å². The SMILES string of the molecule is CCCNC(C)c1cc(F)ccc1OCC(F)F. The maximum atomic E-state index is 13.2. The topological polar surface area (TPSA) is 21.3 Å². The normalized spacial score (nSPS) is 12.8. The first kappa shape index (κ1) is 14.8. The lowest BCUT2D eigenvalue weighted by Gasteiger charge is -2.18. The Bertz CT molecular complexity index is 371. The first-order valence-electron chi connectivity index (χ1n) is 5.98. The van der Waals surface area contributed by atoms with Gasteiger partial charge in [-0.15, -0.1) is 0 Å². The van der Waals surface area contributed by atoms with Crippen LogP contribution in [0.3, 0.4) is 0 Å². The molecule has 0 amide bonds. The van der Waals surface area contributed by atoms with E-state index in [0.29, 0.717) is 11.3 Å². The molecule has 0 saturated heterocycles. The van der Waals surface area contributed by atoms with E-state index in [1.54, 1.807) is 0 Å². The Morgan fingerprint density at radius 3 is 2.67 bits per heavy atom. The second-order valence-corrected chi connectivity index (χ2v) is 4.06. The Kier molecular flexibility index (Phi) is 5.98. The van der Waals surface area contributed by atoms with Crippen molar-refractivity contribution in [3.05, 3.63) is 29.6 Å². The molecule has 0 aromatic heterocycles. The molecule has 0 spiro atoms. The van der Waals surface area contributed by atoms with E-state index in [2.05, 4.69) is 5.32 Å². The number of hydrogen-bond acceptors (Lipinski definition) is 2. The molecular weight excluding hydrogens is 243 g/mol. The van der Waals surface area contributed by atoms with Gasteiger partial charge in [0.15, 0.2) is 0 Å². The number of hydrogen-bond donors (Lipinski definition) is 1. The average molecular weight is 261 g/mol. The first-order chi connectivity index (χ1) is 8.54. The molecule has 1 N–H and O–H groups in total. The highest BCUT2D eigenvalue weighted by Crippen LogP contribution is 2.26. The van der Waals surface area contributed by atoms with E-state index in [0.717, 1.165) is 13.0 Å². The molecule has 102 valence electrons. The molecule has 0 radical (unpaired) electrons. The van der Waals surface area contributed by atoms with Crippen LogP contribution in [0.15, 0.2) is 18.2 Å². The van der Waals surface area contributed by atoms with Gasteiger partial charge in [0.25, 0.3) is 6.43 Å². The second kappa shape index (κ2) is 7.26. The van der Waals surface area contributed by atoms with Crippen molar-refractivity contribution in [3.63, 3.8) is 0 Å². The molecule has 1 aromatic carbocycles. The third-order valence-corrected chi connectivity index (χ3v) is 2.50. The summed E-state index contributed by atoms with van der Waals surface area (Å²) in [4.78, 5) is 0. The number of ether oxygens (including phenoxy) is 1. The summed E-state index contributed by atoms with van der Waals surface area (Å²) in [6.45, 7) is 3.95. The molecule has 18 heavy (non-hydrogen) atoms. The van der Waals surface area contributed by atoms with Gasteiger partial charge in [0, 0.05) is 11.6 Å². The van der Waals surface area contributed by atoms with E-state index >= 15 is 0 Å². The van der Waals surface area contributed by atoms with Crippen molar-refractivity contribution in [2.75, 3.05) is 13.2 Å². The van der Waals surface area contributed by atoms with E-state index in [1.165, 1.54) is 18.2 Å². The van der Waals surface area contributed by atoms with Gasteiger partial charge < -0.3 is 10.1 Å². The number of benzene rings is 1. The van der Waals surface area contributed by atoms with E-state index in [4.69, 9.17) is 4.74 Å². The Balaban J connectivity index is 2.81. The monoisotopic (exact) mass is 261 g/mol. The van der Waals surface area contributed by atoms with Crippen LogP contribution in [0.1, 0.15) is 31.9 Å². The summed E-state index contributed by atoms with van der Waals surface area (Å²) in [5, 5.41) is 3.17. The second-order valence-electron chi connectivity index (χ2n) is 4.06. The molecule has 1 unspecified atom stereocenters. The molecule has 5 heteroatoms. The molecule has 0 fully saturated rings. The minimum absolute atomic E-state index is 0.145. The number of alkyl halides is 2. The van der Waals surface area contributed by atoms with Gasteiger partial charge >= 0.3 is 0 Å². The van der Waals surface area contributed by atoms with Gasteiger partial charge in [-0.25, -0.2) is 13.2 Å². The Labute approximate surface area is 105 Å². The molecule has 0 aliphatic heterocycles. The molecular formula is C13H18F3NO. The lowest BCUT2D eigenvalue weighted by Crippen LogP contribution is -2.20. The van der Waals surface area contributed by atoms with Gasteiger partial charge in [0.1, 0.15) is 18.2 Å². The molecule has 1 atom stereocenters. The number of nitrogens with one attached hydrogen (secondary N) is 1. The van der Waals surface area contributed by atoms with Gasteiger partial charge in [-0.05, 0) is 38.1 Å². The van der Waals surface area contributed by atoms with Crippen LogP contribution in [0.5, 0.6) is 5.75 Å². The highest BCUT2D eigenvalue weighted by Gasteiger charge is 2.14. The van der Waals surface area contributed by atoms with Crippen molar-refractivity contribution in [1.82, 2.24) is 5.32 Å². The van der Waals surface area contributed by atoms with Gasteiger partial charge in [0.05, 0.1) is 0 Å². The third-order valence-electron chi connectivity index (χ3n) is 2.50. The lowest BCUT2D eigenvalue weighted by atomic mass is 10.1. The molecule has 0 bridgehead atoms. The van der Waals surface area contributed by atoms with Crippen LogP contribution in [0.25, 0.3) is 0 Å². The Morgan fingerprint density at radius 1 is 1.33 bits per heavy atom. The minimum Gasteiger partial charge on any atom is -0.487 e. The molecule has 0 heterocycles. The maximum absolute atomic E-state index is 13.2. The zero-order valence-electron chi connectivity index (χ0n) is 10.6. The number of rotatable bonds is 7. The van der Waals surface area contributed by atoms with Crippen LogP contribution in [0.2, 0.25) is 0 Å². The first-order valence-corrected chi connectivity index (χ1v) is 5.98. The van der Waals surface area contributed by atoms with Gasteiger partial charge in [-0.3, -0.25) is 0 Å².